The molecule has 1 unspecified atom stereocenters. The van der Waals surface area contributed by atoms with Crippen molar-refractivity contribution >= 4 is 5.91 Å². The fraction of sp³-hybridized carbons (Fsp3) is 0.682. The molecule has 1 heterocycles. The Bertz CT molecular complexity index is 701. The highest BCUT2D eigenvalue weighted by atomic mass is 16.5. The van der Waals surface area contributed by atoms with Crippen molar-refractivity contribution in [1.29, 1.82) is 0 Å². The van der Waals surface area contributed by atoms with Crippen LogP contribution in [-0.4, -0.2) is 37.4 Å². The summed E-state index contributed by atoms with van der Waals surface area (Å²) in [4.78, 5) is 12.3. The number of methoxy groups -OCH3 is 1. The third kappa shape index (κ3) is 2.87. The molecule has 3 aliphatic rings. The highest BCUT2D eigenvalue weighted by molar-refractivity contribution is 5.76. The Morgan fingerprint density at radius 2 is 2.07 bits per heavy atom. The molecule has 0 radical (unpaired) electrons. The van der Waals surface area contributed by atoms with Crippen LogP contribution in [0.25, 0.3) is 0 Å². The van der Waals surface area contributed by atoms with Crippen LogP contribution in [-0.2, 0) is 9.53 Å². The number of benzene rings is 1. The van der Waals surface area contributed by atoms with Gasteiger partial charge in [0.1, 0.15) is 5.75 Å². The van der Waals surface area contributed by atoms with Gasteiger partial charge in [-0.05, 0) is 59.6 Å². The molecule has 0 aromatic heterocycles. The number of carbonyl (C=O) groups is 1. The number of aliphatic hydroxyl groups is 1. The first-order valence-corrected chi connectivity index (χ1v) is 10.1. The predicted molar refractivity (Wildman–Crippen MR) is 102 cm³/mol. The molecule has 5 nitrogen and oxygen atoms in total. The summed E-state index contributed by atoms with van der Waals surface area (Å²) in [5, 5.41) is 12.5. The minimum atomic E-state index is -0.101. The van der Waals surface area contributed by atoms with Gasteiger partial charge >= 0.3 is 0 Å². The van der Waals surface area contributed by atoms with Gasteiger partial charge in [-0.3, -0.25) is 4.79 Å². The first kappa shape index (κ1) is 18.8. The van der Waals surface area contributed by atoms with Gasteiger partial charge in [-0.1, -0.05) is 26.0 Å². The molecule has 148 valence electrons. The van der Waals surface area contributed by atoms with E-state index in [1.807, 2.05) is 12.1 Å². The summed E-state index contributed by atoms with van der Waals surface area (Å²) in [5.74, 6) is 1.82. The van der Waals surface area contributed by atoms with E-state index in [0.29, 0.717) is 11.8 Å². The Balaban J connectivity index is 1.64. The van der Waals surface area contributed by atoms with Gasteiger partial charge in [-0.25, -0.2) is 0 Å². The molecule has 2 saturated carbocycles. The number of fused-ring (bicyclic) bond motifs is 1. The first-order chi connectivity index (χ1) is 12.9. The quantitative estimate of drug-likeness (QED) is 0.832. The fourth-order valence-corrected chi connectivity index (χ4v) is 6.25. The standard InChI is InChI=1S/C22H31NO4/c1-21(2)15-12-17-19(14-4-6-16(26-3)7-5-14)27-11-9-22(17,13-15)20(21)23-18(25)8-10-24/h4-7,15,17,19-20,24H,8-13H2,1-3H3,(H,23,25)/t15-,17-,19-,20+,22?/m1/s1. The number of aliphatic hydroxyl groups excluding tert-OH is 1. The van der Waals surface area contributed by atoms with E-state index in [0.717, 1.165) is 31.6 Å². The number of nitrogens with one attached hydrogen (secondary N) is 1. The number of rotatable bonds is 5. The Hall–Kier alpha value is -1.59. The van der Waals surface area contributed by atoms with Crippen molar-refractivity contribution in [3.63, 3.8) is 0 Å². The van der Waals surface area contributed by atoms with Crippen molar-refractivity contribution in [3.05, 3.63) is 29.8 Å². The molecule has 5 heteroatoms. The first-order valence-electron chi connectivity index (χ1n) is 10.1. The molecule has 1 aromatic rings. The van der Waals surface area contributed by atoms with Gasteiger partial charge in [0.25, 0.3) is 0 Å². The lowest BCUT2D eigenvalue weighted by Gasteiger charge is -2.53. The van der Waals surface area contributed by atoms with E-state index in [2.05, 4.69) is 31.3 Å². The maximum atomic E-state index is 12.3. The minimum Gasteiger partial charge on any atom is -0.497 e. The van der Waals surface area contributed by atoms with Gasteiger partial charge in [0.05, 0.1) is 19.8 Å². The third-order valence-corrected chi connectivity index (χ3v) is 7.59. The number of amides is 1. The average molecular weight is 373 g/mol. The van der Waals surface area contributed by atoms with Crippen LogP contribution in [0.4, 0.5) is 0 Å². The molecule has 4 rings (SSSR count). The lowest BCUT2D eigenvalue weighted by molar-refractivity contribution is -0.137. The molecule has 1 aromatic carbocycles. The zero-order valence-corrected chi connectivity index (χ0v) is 16.5. The van der Waals surface area contributed by atoms with Crippen molar-refractivity contribution in [2.45, 2.75) is 51.7 Å². The van der Waals surface area contributed by atoms with Gasteiger partial charge in [-0.15, -0.1) is 0 Å². The third-order valence-electron chi connectivity index (χ3n) is 7.59. The minimum absolute atomic E-state index is 0.0382. The highest BCUT2D eigenvalue weighted by Gasteiger charge is 2.68. The molecular formula is C22H31NO4. The summed E-state index contributed by atoms with van der Waals surface area (Å²) in [5.41, 5.74) is 1.36. The van der Waals surface area contributed by atoms with Crippen LogP contribution in [0.5, 0.6) is 5.75 Å². The van der Waals surface area contributed by atoms with Crippen LogP contribution < -0.4 is 10.1 Å². The normalized spacial score (nSPS) is 36.3. The maximum Gasteiger partial charge on any atom is 0.222 e. The van der Waals surface area contributed by atoms with Crippen molar-refractivity contribution in [1.82, 2.24) is 5.32 Å². The molecule has 2 N–H and O–H groups in total. The van der Waals surface area contributed by atoms with E-state index >= 15 is 0 Å². The van der Waals surface area contributed by atoms with Crippen LogP contribution >= 0.6 is 0 Å². The summed E-state index contributed by atoms with van der Waals surface area (Å²) in [6.07, 6.45) is 3.55. The van der Waals surface area contributed by atoms with E-state index in [4.69, 9.17) is 14.6 Å². The molecular weight excluding hydrogens is 342 g/mol. The Morgan fingerprint density at radius 3 is 2.74 bits per heavy atom. The molecule has 2 bridgehead atoms. The average Bonchev–Trinajstić information content (AvgIpc) is 3.15. The smallest absolute Gasteiger partial charge is 0.222 e. The van der Waals surface area contributed by atoms with Crippen LogP contribution in [0.1, 0.15) is 51.2 Å². The lowest BCUT2D eigenvalue weighted by Crippen LogP contribution is -2.59. The topological polar surface area (TPSA) is 67.8 Å². The van der Waals surface area contributed by atoms with Gasteiger partial charge < -0.3 is 19.9 Å². The highest BCUT2D eigenvalue weighted by Crippen LogP contribution is 2.70. The maximum absolute atomic E-state index is 12.3. The summed E-state index contributed by atoms with van der Waals surface area (Å²) < 4.78 is 11.6. The van der Waals surface area contributed by atoms with E-state index < -0.39 is 0 Å². The zero-order chi connectivity index (χ0) is 19.2. The van der Waals surface area contributed by atoms with E-state index in [1.54, 1.807) is 7.11 Å². The second-order valence-corrected chi connectivity index (χ2v) is 9.09. The molecule has 27 heavy (non-hydrogen) atoms. The molecule has 1 spiro atoms. The zero-order valence-electron chi connectivity index (χ0n) is 16.5. The molecule has 3 fully saturated rings. The van der Waals surface area contributed by atoms with Crippen LogP contribution in [0, 0.1) is 22.7 Å². The largest absolute Gasteiger partial charge is 0.497 e. The second kappa shape index (κ2) is 6.78. The van der Waals surface area contributed by atoms with Crippen molar-refractivity contribution in [2.24, 2.45) is 22.7 Å². The molecule has 1 saturated heterocycles. The summed E-state index contributed by atoms with van der Waals surface area (Å²) in [7, 11) is 1.68. The number of hydrogen-bond acceptors (Lipinski definition) is 4. The van der Waals surface area contributed by atoms with Crippen molar-refractivity contribution in [2.75, 3.05) is 20.3 Å². The van der Waals surface area contributed by atoms with Gasteiger partial charge in [0, 0.05) is 19.1 Å². The molecule has 1 amide bonds. The summed E-state index contributed by atoms with van der Waals surface area (Å²) in [6.45, 7) is 5.22. The monoisotopic (exact) mass is 373 g/mol. The van der Waals surface area contributed by atoms with Crippen molar-refractivity contribution < 1.29 is 19.4 Å². The Kier molecular flexibility index (Phi) is 4.71. The number of ether oxygens (including phenoxy) is 2. The molecule has 2 aliphatic carbocycles. The van der Waals surface area contributed by atoms with Crippen LogP contribution in [0.2, 0.25) is 0 Å². The summed E-state index contributed by atoms with van der Waals surface area (Å²) in [6, 6.07) is 8.35. The number of carbonyl (C=O) groups excluding carboxylic acids is 1. The Labute approximate surface area is 161 Å². The predicted octanol–water partition coefficient (Wildman–Crippen LogP) is 3.08. The summed E-state index contributed by atoms with van der Waals surface area (Å²) >= 11 is 0. The van der Waals surface area contributed by atoms with Crippen molar-refractivity contribution in [3.8, 4) is 5.75 Å². The second-order valence-electron chi connectivity index (χ2n) is 9.09. The van der Waals surface area contributed by atoms with Crippen LogP contribution in [0.3, 0.4) is 0 Å². The van der Waals surface area contributed by atoms with Gasteiger partial charge in [-0.2, -0.15) is 0 Å². The fourth-order valence-electron chi connectivity index (χ4n) is 6.25. The Morgan fingerprint density at radius 1 is 1.33 bits per heavy atom. The van der Waals surface area contributed by atoms with E-state index in [1.165, 1.54) is 5.56 Å². The van der Waals surface area contributed by atoms with Gasteiger partial charge in [0.2, 0.25) is 5.91 Å². The van der Waals surface area contributed by atoms with E-state index in [9.17, 15) is 4.79 Å². The molecule has 5 atom stereocenters. The van der Waals surface area contributed by atoms with E-state index in [-0.39, 0.29) is 41.9 Å². The van der Waals surface area contributed by atoms with Crippen LogP contribution in [0.15, 0.2) is 24.3 Å². The lowest BCUT2D eigenvalue weighted by atomic mass is 9.59. The SMILES string of the molecule is COc1ccc([C@H]2OCCC34C[C@@H](C[C@H]23)C(C)(C)[C@@H]4NC(=O)CCO)cc1. The number of hydrogen-bond donors (Lipinski definition) is 2. The van der Waals surface area contributed by atoms with Gasteiger partial charge in [0.15, 0.2) is 0 Å². The molecule has 1 aliphatic heterocycles.